The summed E-state index contributed by atoms with van der Waals surface area (Å²) in [6.45, 7) is 4.53. The fraction of sp³-hybridized carbons (Fsp3) is 0.421. The van der Waals surface area contributed by atoms with Crippen molar-refractivity contribution in [2.45, 2.75) is 26.3 Å². The SMILES string of the molecule is COc1cccc(C(=O)[C@@H]2CCCN(Cc3ccc(C)o3)C2)c1. The van der Waals surface area contributed by atoms with Gasteiger partial charge >= 0.3 is 0 Å². The molecule has 1 aromatic heterocycles. The number of likely N-dealkylation sites (tertiary alicyclic amines) is 1. The number of nitrogens with zero attached hydrogens (tertiary/aromatic N) is 1. The first-order chi connectivity index (χ1) is 11.2. The number of Topliss-reactive ketones (excluding diaryl/α,β-unsaturated/α-hetero) is 1. The van der Waals surface area contributed by atoms with Crippen molar-refractivity contribution in [3.8, 4) is 5.75 Å². The van der Waals surface area contributed by atoms with Crippen LogP contribution < -0.4 is 4.74 Å². The standard InChI is InChI=1S/C19H23NO3/c1-14-8-9-18(23-14)13-20-10-4-6-16(12-20)19(21)15-5-3-7-17(11-15)22-2/h3,5,7-9,11,16H,4,6,10,12-13H2,1-2H3/t16-/m1/s1. The van der Waals surface area contributed by atoms with Gasteiger partial charge in [-0.05, 0) is 50.6 Å². The van der Waals surface area contributed by atoms with Crippen molar-refractivity contribution >= 4 is 5.78 Å². The van der Waals surface area contributed by atoms with E-state index in [2.05, 4.69) is 4.90 Å². The van der Waals surface area contributed by atoms with Crippen molar-refractivity contribution in [1.29, 1.82) is 0 Å². The first kappa shape index (κ1) is 15.8. The third-order valence-electron chi connectivity index (χ3n) is 4.41. The van der Waals surface area contributed by atoms with Crippen LogP contribution in [0, 0.1) is 12.8 Å². The fourth-order valence-corrected chi connectivity index (χ4v) is 3.22. The molecular formula is C19H23NO3. The van der Waals surface area contributed by atoms with Crippen LogP contribution in [0.2, 0.25) is 0 Å². The molecule has 0 aliphatic carbocycles. The number of aryl methyl sites for hydroxylation is 1. The third kappa shape index (κ3) is 3.82. The summed E-state index contributed by atoms with van der Waals surface area (Å²) in [6, 6.07) is 11.4. The molecule has 0 N–H and O–H groups in total. The number of hydrogen-bond acceptors (Lipinski definition) is 4. The Bertz CT molecular complexity index is 677. The van der Waals surface area contributed by atoms with Gasteiger partial charge in [-0.2, -0.15) is 0 Å². The zero-order valence-electron chi connectivity index (χ0n) is 13.7. The second-order valence-corrected chi connectivity index (χ2v) is 6.18. The Labute approximate surface area is 137 Å². The van der Waals surface area contributed by atoms with Gasteiger partial charge in [0.2, 0.25) is 0 Å². The van der Waals surface area contributed by atoms with Crippen LogP contribution in [0.3, 0.4) is 0 Å². The highest BCUT2D eigenvalue weighted by Crippen LogP contribution is 2.24. The molecule has 1 fully saturated rings. The number of piperidine rings is 1. The molecule has 1 aromatic carbocycles. The number of hydrogen-bond donors (Lipinski definition) is 0. The maximum absolute atomic E-state index is 12.8. The van der Waals surface area contributed by atoms with E-state index in [0.717, 1.165) is 55.3 Å². The molecule has 3 rings (SSSR count). The van der Waals surface area contributed by atoms with E-state index >= 15 is 0 Å². The van der Waals surface area contributed by atoms with Crippen molar-refractivity contribution in [2.24, 2.45) is 5.92 Å². The number of methoxy groups -OCH3 is 1. The second-order valence-electron chi connectivity index (χ2n) is 6.18. The molecular weight excluding hydrogens is 290 g/mol. The zero-order valence-corrected chi connectivity index (χ0v) is 13.7. The number of carbonyl (C=O) groups is 1. The van der Waals surface area contributed by atoms with E-state index in [-0.39, 0.29) is 11.7 Å². The van der Waals surface area contributed by atoms with Crippen LogP contribution in [0.5, 0.6) is 5.75 Å². The van der Waals surface area contributed by atoms with Crippen molar-refractivity contribution in [2.75, 3.05) is 20.2 Å². The molecule has 23 heavy (non-hydrogen) atoms. The minimum Gasteiger partial charge on any atom is -0.497 e. The predicted molar refractivity (Wildman–Crippen MR) is 88.8 cm³/mol. The summed E-state index contributed by atoms with van der Waals surface area (Å²) in [5, 5.41) is 0. The molecule has 4 heteroatoms. The molecule has 0 bridgehead atoms. The highest BCUT2D eigenvalue weighted by Gasteiger charge is 2.27. The number of furan rings is 1. The monoisotopic (exact) mass is 313 g/mol. The molecule has 0 amide bonds. The lowest BCUT2D eigenvalue weighted by Crippen LogP contribution is -2.38. The molecule has 122 valence electrons. The van der Waals surface area contributed by atoms with Crippen LogP contribution in [-0.2, 0) is 6.54 Å². The average molecular weight is 313 g/mol. The number of ether oxygens (including phenoxy) is 1. The lowest BCUT2D eigenvalue weighted by Gasteiger charge is -2.31. The maximum atomic E-state index is 12.8. The van der Waals surface area contributed by atoms with Gasteiger partial charge in [0.1, 0.15) is 17.3 Å². The first-order valence-corrected chi connectivity index (χ1v) is 8.11. The molecule has 1 atom stereocenters. The molecule has 1 saturated heterocycles. The lowest BCUT2D eigenvalue weighted by atomic mass is 9.90. The van der Waals surface area contributed by atoms with Gasteiger partial charge in [0.15, 0.2) is 5.78 Å². The van der Waals surface area contributed by atoms with Crippen LogP contribution in [0.15, 0.2) is 40.8 Å². The average Bonchev–Trinajstić information content (AvgIpc) is 2.99. The van der Waals surface area contributed by atoms with E-state index in [1.54, 1.807) is 7.11 Å². The van der Waals surface area contributed by atoms with Gasteiger partial charge in [0, 0.05) is 18.0 Å². The molecule has 0 spiro atoms. The molecule has 2 aromatic rings. The van der Waals surface area contributed by atoms with Gasteiger partial charge < -0.3 is 9.15 Å². The van der Waals surface area contributed by atoms with Crippen LogP contribution >= 0.6 is 0 Å². The molecule has 2 heterocycles. The number of rotatable bonds is 5. The smallest absolute Gasteiger partial charge is 0.167 e. The molecule has 0 radical (unpaired) electrons. The van der Waals surface area contributed by atoms with Gasteiger partial charge in [0.25, 0.3) is 0 Å². The molecule has 0 unspecified atom stereocenters. The maximum Gasteiger partial charge on any atom is 0.167 e. The number of benzene rings is 1. The Morgan fingerprint density at radius 1 is 1.35 bits per heavy atom. The highest BCUT2D eigenvalue weighted by atomic mass is 16.5. The topological polar surface area (TPSA) is 42.7 Å². The van der Waals surface area contributed by atoms with E-state index in [9.17, 15) is 4.79 Å². The van der Waals surface area contributed by atoms with Crippen molar-refractivity contribution in [3.63, 3.8) is 0 Å². The quantitative estimate of drug-likeness (QED) is 0.790. The van der Waals surface area contributed by atoms with Gasteiger partial charge in [0.05, 0.1) is 13.7 Å². The second kappa shape index (κ2) is 7.01. The Hall–Kier alpha value is -2.07. The van der Waals surface area contributed by atoms with Gasteiger partial charge in [-0.25, -0.2) is 0 Å². The summed E-state index contributed by atoms with van der Waals surface area (Å²) in [6.07, 6.45) is 1.99. The Kier molecular flexibility index (Phi) is 4.82. The summed E-state index contributed by atoms with van der Waals surface area (Å²) in [5.41, 5.74) is 0.741. The zero-order chi connectivity index (χ0) is 16.2. The third-order valence-corrected chi connectivity index (χ3v) is 4.41. The van der Waals surface area contributed by atoms with Crippen molar-refractivity contribution < 1.29 is 13.9 Å². The lowest BCUT2D eigenvalue weighted by molar-refractivity contribution is 0.0802. The summed E-state index contributed by atoms with van der Waals surface area (Å²) in [5.74, 6) is 2.89. The summed E-state index contributed by atoms with van der Waals surface area (Å²) >= 11 is 0. The van der Waals surface area contributed by atoms with E-state index in [0.29, 0.717) is 0 Å². The van der Waals surface area contributed by atoms with E-state index in [4.69, 9.17) is 9.15 Å². The van der Waals surface area contributed by atoms with Crippen LogP contribution in [0.25, 0.3) is 0 Å². The van der Waals surface area contributed by atoms with Crippen LogP contribution in [0.4, 0.5) is 0 Å². The highest BCUT2D eigenvalue weighted by molar-refractivity contribution is 5.98. The number of carbonyl (C=O) groups excluding carboxylic acids is 1. The normalized spacial score (nSPS) is 18.8. The molecule has 1 aliphatic rings. The summed E-state index contributed by atoms with van der Waals surface area (Å²) < 4.78 is 10.9. The summed E-state index contributed by atoms with van der Waals surface area (Å²) in [4.78, 5) is 15.1. The van der Waals surface area contributed by atoms with Crippen LogP contribution in [-0.4, -0.2) is 30.9 Å². The Morgan fingerprint density at radius 3 is 2.96 bits per heavy atom. The van der Waals surface area contributed by atoms with E-state index in [1.165, 1.54) is 0 Å². The largest absolute Gasteiger partial charge is 0.497 e. The van der Waals surface area contributed by atoms with Gasteiger partial charge in [-0.3, -0.25) is 9.69 Å². The molecule has 1 aliphatic heterocycles. The summed E-state index contributed by atoms with van der Waals surface area (Å²) in [7, 11) is 1.62. The minimum atomic E-state index is 0.0481. The van der Waals surface area contributed by atoms with E-state index < -0.39 is 0 Å². The van der Waals surface area contributed by atoms with Crippen LogP contribution in [0.1, 0.15) is 34.7 Å². The van der Waals surface area contributed by atoms with Gasteiger partial charge in [-0.1, -0.05) is 12.1 Å². The number of ketones is 1. The fourth-order valence-electron chi connectivity index (χ4n) is 3.22. The first-order valence-electron chi connectivity index (χ1n) is 8.11. The Morgan fingerprint density at radius 2 is 2.22 bits per heavy atom. The van der Waals surface area contributed by atoms with E-state index in [1.807, 2.05) is 43.3 Å². The van der Waals surface area contributed by atoms with Crippen molar-refractivity contribution in [3.05, 3.63) is 53.5 Å². The van der Waals surface area contributed by atoms with Gasteiger partial charge in [-0.15, -0.1) is 0 Å². The minimum absolute atomic E-state index is 0.0481. The van der Waals surface area contributed by atoms with Crippen molar-refractivity contribution in [1.82, 2.24) is 4.90 Å². The molecule has 0 saturated carbocycles. The Balaban J connectivity index is 1.66. The predicted octanol–water partition coefficient (Wildman–Crippen LogP) is 3.69. The molecule has 4 nitrogen and oxygen atoms in total.